The highest BCUT2D eigenvalue weighted by atomic mass is 15.0. The minimum Gasteiger partial charge on any atom is -0.299 e. The maximum Gasteiger partial charge on any atom is 0.100 e. The first-order valence-corrected chi connectivity index (χ1v) is 9.98. The van der Waals surface area contributed by atoms with Crippen molar-refractivity contribution in [3.8, 4) is 5.69 Å². The predicted molar refractivity (Wildman–Crippen MR) is 120 cm³/mol. The highest BCUT2D eigenvalue weighted by Gasteiger charge is 2.06. The summed E-state index contributed by atoms with van der Waals surface area (Å²) in [5.74, 6) is 0.543. The molecule has 0 aliphatic carbocycles. The molecule has 0 unspecified atom stereocenters. The van der Waals surface area contributed by atoms with E-state index in [0.717, 1.165) is 28.7 Å². The molecule has 0 N–H and O–H groups in total. The summed E-state index contributed by atoms with van der Waals surface area (Å²) in [7, 11) is 0. The Morgan fingerprint density at radius 3 is 2.21 bits per heavy atom. The summed E-state index contributed by atoms with van der Waals surface area (Å²) in [6.07, 6.45) is 7.29. The van der Waals surface area contributed by atoms with Crippen LogP contribution < -0.4 is 0 Å². The van der Waals surface area contributed by atoms with Crippen LogP contribution in [0.5, 0.6) is 0 Å². The molecular formula is C26H26N2. The summed E-state index contributed by atoms with van der Waals surface area (Å²) in [4.78, 5) is 4.62. The van der Waals surface area contributed by atoms with Gasteiger partial charge in [0, 0.05) is 5.69 Å². The smallest absolute Gasteiger partial charge is 0.100 e. The summed E-state index contributed by atoms with van der Waals surface area (Å²) in [6, 6.07) is 23.9. The van der Waals surface area contributed by atoms with Crippen LogP contribution in [-0.4, -0.2) is 9.55 Å². The highest BCUT2D eigenvalue weighted by molar-refractivity contribution is 5.82. The Labute approximate surface area is 167 Å². The number of nitrogens with zero attached hydrogens (tertiary/aromatic N) is 2. The largest absolute Gasteiger partial charge is 0.299 e. The van der Waals surface area contributed by atoms with Crippen LogP contribution in [0.25, 0.3) is 28.9 Å². The summed E-state index contributed by atoms with van der Waals surface area (Å²) >= 11 is 0. The van der Waals surface area contributed by atoms with Crippen LogP contribution in [0.4, 0.5) is 0 Å². The molecule has 140 valence electrons. The molecule has 0 aliphatic heterocycles. The van der Waals surface area contributed by atoms with Gasteiger partial charge in [0.1, 0.15) is 6.33 Å². The molecule has 28 heavy (non-hydrogen) atoms. The van der Waals surface area contributed by atoms with Gasteiger partial charge in [0.2, 0.25) is 0 Å². The highest BCUT2D eigenvalue weighted by Crippen LogP contribution is 2.22. The molecule has 0 radical (unpaired) electrons. The van der Waals surface area contributed by atoms with E-state index in [2.05, 4.69) is 109 Å². The molecule has 0 spiro atoms. The molecular weight excluding hydrogens is 340 g/mol. The van der Waals surface area contributed by atoms with Crippen molar-refractivity contribution in [1.29, 1.82) is 0 Å². The second-order valence-electron chi connectivity index (χ2n) is 7.54. The van der Waals surface area contributed by atoms with Crippen LogP contribution in [-0.2, 0) is 6.42 Å². The number of aromatic nitrogens is 2. The summed E-state index contributed by atoms with van der Waals surface area (Å²) < 4.78 is 2.15. The van der Waals surface area contributed by atoms with Crippen LogP contribution in [0, 0.1) is 0 Å². The number of benzene rings is 3. The third kappa shape index (κ3) is 3.77. The van der Waals surface area contributed by atoms with Gasteiger partial charge in [-0.15, -0.1) is 0 Å². The monoisotopic (exact) mass is 366 g/mol. The van der Waals surface area contributed by atoms with Gasteiger partial charge >= 0.3 is 0 Å². The topological polar surface area (TPSA) is 17.8 Å². The van der Waals surface area contributed by atoms with Gasteiger partial charge in [-0.05, 0) is 58.9 Å². The number of imidazole rings is 1. The Kier molecular flexibility index (Phi) is 5.12. The van der Waals surface area contributed by atoms with Crippen molar-refractivity contribution in [3.63, 3.8) is 0 Å². The van der Waals surface area contributed by atoms with Crippen LogP contribution in [0.3, 0.4) is 0 Å². The van der Waals surface area contributed by atoms with Crippen molar-refractivity contribution >= 4 is 23.2 Å². The molecule has 4 rings (SSSR count). The quantitative estimate of drug-likeness (QED) is 0.352. The van der Waals surface area contributed by atoms with E-state index >= 15 is 0 Å². The van der Waals surface area contributed by atoms with Crippen molar-refractivity contribution in [1.82, 2.24) is 9.55 Å². The molecule has 0 amide bonds. The average Bonchev–Trinajstić information content (AvgIpc) is 3.16. The third-order valence-corrected chi connectivity index (χ3v) is 5.27. The minimum absolute atomic E-state index is 0.543. The maximum atomic E-state index is 4.62. The summed E-state index contributed by atoms with van der Waals surface area (Å²) in [6.45, 7) is 6.61. The average molecular weight is 367 g/mol. The van der Waals surface area contributed by atoms with Gasteiger partial charge in [-0.3, -0.25) is 4.57 Å². The van der Waals surface area contributed by atoms with E-state index < -0.39 is 0 Å². The van der Waals surface area contributed by atoms with Crippen molar-refractivity contribution in [3.05, 3.63) is 95.3 Å². The van der Waals surface area contributed by atoms with E-state index in [1.54, 1.807) is 0 Å². The van der Waals surface area contributed by atoms with Gasteiger partial charge in [-0.2, -0.15) is 0 Å². The second kappa shape index (κ2) is 7.85. The van der Waals surface area contributed by atoms with Gasteiger partial charge in [0.05, 0.1) is 11.0 Å². The molecule has 1 heterocycles. The van der Waals surface area contributed by atoms with E-state index in [1.807, 2.05) is 6.33 Å². The lowest BCUT2D eigenvalue weighted by atomic mass is 10.0. The fourth-order valence-electron chi connectivity index (χ4n) is 3.42. The lowest BCUT2D eigenvalue weighted by molar-refractivity contribution is 0.865. The van der Waals surface area contributed by atoms with E-state index in [1.165, 1.54) is 16.7 Å². The van der Waals surface area contributed by atoms with Gasteiger partial charge in [-0.1, -0.05) is 75.4 Å². The van der Waals surface area contributed by atoms with Crippen LogP contribution >= 0.6 is 0 Å². The van der Waals surface area contributed by atoms with Gasteiger partial charge in [0.15, 0.2) is 0 Å². The normalized spacial score (nSPS) is 11.7. The second-order valence-corrected chi connectivity index (χ2v) is 7.54. The van der Waals surface area contributed by atoms with Gasteiger partial charge in [-0.25, -0.2) is 4.98 Å². The van der Waals surface area contributed by atoms with E-state index in [-0.39, 0.29) is 0 Å². The standard InChI is InChI=1S/C26H26N2/c1-4-20-5-7-21(8-6-20)9-10-22-11-16-26-25(17-22)27-18-28(26)24-14-12-23(13-15-24)19(2)3/h5-19H,4H2,1-3H3/b10-9+. The van der Waals surface area contributed by atoms with Crippen LogP contribution in [0.1, 0.15) is 48.9 Å². The predicted octanol–water partition coefficient (Wildman–Crippen LogP) is 6.88. The zero-order chi connectivity index (χ0) is 19.5. The number of fused-ring (bicyclic) bond motifs is 1. The van der Waals surface area contributed by atoms with Crippen LogP contribution in [0.2, 0.25) is 0 Å². The first-order valence-electron chi connectivity index (χ1n) is 9.98. The molecule has 0 atom stereocenters. The van der Waals surface area contributed by atoms with Crippen molar-refractivity contribution in [2.45, 2.75) is 33.1 Å². The Hall–Kier alpha value is -3.13. The number of hydrogen-bond acceptors (Lipinski definition) is 1. The van der Waals surface area contributed by atoms with Gasteiger partial charge < -0.3 is 0 Å². The van der Waals surface area contributed by atoms with Crippen molar-refractivity contribution < 1.29 is 0 Å². The zero-order valence-electron chi connectivity index (χ0n) is 16.8. The minimum atomic E-state index is 0.543. The summed E-state index contributed by atoms with van der Waals surface area (Å²) in [5.41, 5.74) is 8.38. The van der Waals surface area contributed by atoms with E-state index in [9.17, 15) is 0 Å². The van der Waals surface area contributed by atoms with Gasteiger partial charge in [0.25, 0.3) is 0 Å². The molecule has 0 fully saturated rings. The lowest BCUT2D eigenvalue weighted by Crippen LogP contribution is -1.93. The molecule has 2 heteroatoms. The molecule has 2 nitrogen and oxygen atoms in total. The molecule has 0 saturated heterocycles. The Morgan fingerprint density at radius 2 is 1.54 bits per heavy atom. The zero-order valence-corrected chi connectivity index (χ0v) is 16.8. The maximum absolute atomic E-state index is 4.62. The first-order chi connectivity index (χ1) is 13.6. The SMILES string of the molecule is CCc1ccc(/C=C/c2ccc3c(c2)ncn3-c2ccc(C(C)C)cc2)cc1. The fraction of sp³-hybridized carbons (Fsp3) is 0.192. The fourth-order valence-corrected chi connectivity index (χ4v) is 3.42. The Balaban J connectivity index is 1.59. The number of rotatable bonds is 5. The molecule has 0 saturated carbocycles. The Bertz CT molecular complexity index is 1100. The molecule has 1 aromatic heterocycles. The van der Waals surface area contributed by atoms with Crippen molar-refractivity contribution in [2.24, 2.45) is 0 Å². The third-order valence-electron chi connectivity index (χ3n) is 5.27. The molecule has 3 aromatic carbocycles. The van der Waals surface area contributed by atoms with Crippen LogP contribution in [0.15, 0.2) is 73.1 Å². The molecule has 0 bridgehead atoms. The van der Waals surface area contributed by atoms with Crippen molar-refractivity contribution in [2.75, 3.05) is 0 Å². The first kappa shape index (κ1) is 18.2. The molecule has 0 aliphatic rings. The molecule has 4 aromatic rings. The summed E-state index contributed by atoms with van der Waals surface area (Å²) in [5, 5.41) is 0. The number of hydrogen-bond donors (Lipinski definition) is 0. The lowest BCUT2D eigenvalue weighted by Gasteiger charge is -2.08. The Morgan fingerprint density at radius 1 is 0.857 bits per heavy atom. The number of aryl methyl sites for hydroxylation is 1. The van der Waals surface area contributed by atoms with E-state index in [0.29, 0.717) is 5.92 Å². The van der Waals surface area contributed by atoms with E-state index in [4.69, 9.17) is 0 Å².